The molecule has 5 nitrogen and oxygen atoms in total. The second-order valence-corrected chi connectivity index (χ2v) is 8.47. The van der Waals surface area contributed by atoms with Crippen LogP contribution in [0.1, 0.15) is 62.2 Å². The smallest absolute Gasteiger partial charge is 0.307 e. The molecule has 1 aliphatic heterocycles. The fourth-order valence-electron chi connectivity index (χ4n) is 4.83. The van der Waals surface area contributed by atoms with Gasteiger partial charge in [0.1, 0.15) is 12.0 Å². The molecule has 1 heterocycles. The molecule has 4 rings (SSSR count). The molecule has 2 aromatic rings. The van der Waals surface area contributed by atoms with Crippen LogP contribution >= 0.6 is 0 Å². The summed E-state index contributed by atoms with van der Waals surface area (Å²) in [6.45, 7) is 2.03. The minimum absolute atomic E-state index is 0.0425. The third-order valence-corrected chi connectivity index (χ3v) is 6.52. The number of nitrogens with one attached hydrogen (secondary N) is 1. The molecule has 0 unspecified atom stereocenters. The number of esters is 1. The summed E-state index contributed by atoms with van der Waals surface area (Å²) in [5, 5.41) is 3.53. The minimum Gasteiger partial charge on any atom is -0.469 e. The number of hydrogen-bond donors (Lipinski definition) is 1. The standard InChI is InChI=1S/C26H29FN2O3/c1-17(18-9-4-3-5-10-18)29-25(21-13-6-7-14-22(21)26(29)31)28-23(16-24(30)32-2)19-11-8-12-20(27)15-19/h3-5,8-12,15,17,23,25,28H,6-7,13-14,16H2,1-2H3/t17-,23+,25+/m1/s1. The lowest BCUT2D eigenvalue weighted by molar-refractivity contribution is -0.141. The molecule has 0 radical (unpaired) electrons. The molecule has 0 fully saturated rings. The lowest BCUT2D eigenvalue weighted by Crippen LogP contribution is -2.48. The van der Waals surface area contributed by atoms with Crippen molar-refractivity contribution in [3.05, 3.63) is 82.7 Å². The third kappa shape index (κ3) is 4.46. The van der Waals surface area contributed by atoms with Crippen molar-refractivity contribution in [3.63, 3.8) is 0 Å². The first kappa shape index (κ1) is 22.2. The first-order valence-corrected chi connectivity index (χ1v) is 11.2. The fraction of sp³-hybridized carbons (Fsp3) is 0.385. The van der Waals surface area contributed by atoms with E-state index in [9.17, 15) is 14.0 Å². The molecule has 2 aliphatic rings. The van der Waals surface area contributed by atoms with Crippen LogP contribution in [-0.2, 0) is 14.3 Å². The highest BCUT2D eigenvalue weighted by molar-refractivity contribution is 5.98. The molecule has 32 heavy (non-hydrogen) atoms. The lowest BCUT2D eigenvalue weighted by atomic mass is 9.92. The Balaban J connectivity index is 1.71. The summed E-state index contributed by atoms with van der Waals surface area (Å²) in [6, 6.07) is 15.5. The van der Waals surface area contributed by atoms with Gasteiger partial charge < -0.3 is 9.64 Å². The van der Waals surface area contributed by atoms with E-state index in [2.05, 4.69) is 5.32 Å². The largest absolute Gasteiger partial charge is 0.469 e. The average Bonchev–Trinajstić information content (AvgIpc) is 3.10. The summed E-state index contributed by atoms with van der Waals surface area (Å²) in [5.41, 5.74) is 3.67. The fourth-order valence-corrected chi connectivity index (χ4v) is 4.83. The van der Waals surface area contributed by atoms with Crippen molar-refractivity contribution < 1.29 is 18.7 Å². The Bertz CT molecular complexity index is 1020. The second kappa shape index (κ2) is 9.65. The number of rotatable bonds is 7. The molecular formula is C26H29FN2O3. The lowest BCUT2D eigenvalue weighted by Gasteiger charge is -2.36. The predicted octanol–water partition coefficient (Wildman–Crippen LogP) is 4.82. The van der Waals surface area contributed by atoms with Crippen molar-refractivity contribution in [1.29, 1.82) is 0 Å². The van der Waals surface area contributed by atoms with Gasteiger partial charge in [-0.1, -0.05) is 42.5 Å². The van der Waals surface area contributed by atoms with Crippen molar-refractivity contribution in [2.24, 2.45) is 0 Å². The van der Waals surface area contributed by atoms with E-state index in [0.29, 0.717) is 5.56 Å². The van der Waals surface area contributed by atoms with Gasteiger partial charge in [0, 0.05) is 11.6 Å². The summed E-state index contributed by atoms with van der Waals surface area (Å²) in [4.78, 5) is 27.6. The van der Waals surface area contributed by atoms with Crippen molar-refractivity contribution >= 4 is 11.9 Å². The van der Waals surface area contributed by atoms with Gasteiger partial charge >= 0.3 is 5.97 Å². The van der Waals surface area contributed by atoms with Crippen LogP contribution in [0.5, 0.6) is 0 Å². The normalized spacial score (nSPS) is 20.2. The highest BCUT2D eigenvalue weighted by Crippen LogP contribution is 2.40. The van der Waals surface area contributed by atoms with Crippen LogP contribution in [0, 0.1) is 5.82 Å². The highest BCUT2D eigenvalue weighted by Gasteiger charge is 2.43. The Labute approximate surface area is 188 Å². The average molecular weight is 437 g/mol. The summed E-state index contributed by atoms with van der Waals surface area (Å²) in [5.74, 6) is -0.713. The van der Waals surface area contributed by atoms with Crippen LogP contribution in [0.3, 0.4) is 0 Å². The maximum atomic E-state index is 14.0. The zero-order valence-corrected chi connectivity index (χ0v) is 18.5. The van der Waals surface area contributed by atoms with Crippen molar-refractivity contribution in [1.82, 2.24) is 10.2 Å². The van der Waals surface area contributed by atoms with Gasteiger partial charge in [0.2, 0.25) is 0 Å². The van der Waals surface area contributed by atoms with Gasteiger partial charge in [-0.2, -0.15) is 0 Å². The Morgan fingerprint density at radius 2 is 1.84 bits per heavy atom. The molecule has 1 aliphatic carbocycles. The predicted molar refractivity (Wildman–Crippen MR) is 120 cm³/mol. The van der Waals surface area contributed by atoms with Gasteiger partial charge in [-0.3, -0.25) is 14.9 Å². The Morgan fingerprint density at radius 3 is 2.56 bits per heavy atom. The number of carbonyl (C=O) groups is 2. The molecular weight excluding hydrogens is 407 g/mol. The molecule has 168 valence electrons. The van der Waals surface area contributed by atoms with Gasteiger partial charge in [0.15, 0.2) is 0 Å². The van der Waals surface area contributed by atoms with E-state index in [-0.39, 0.29) is 30.4 Å². The SMILES string of the molecule is COC(=O)C[C@H](N[C@@H]1C2=C(CCCC2)C(=O)N1[C@H](C)c1ccccc1)c1cccc(F)c1. The Hall–Kier alpha value is -2.99. The molecule has 6 heteroatoms. The Kier molecular flexibility index (Phi) is 6.70. The van der Waals surface area contributed by atoms with E-state index >= 15 is 0 Å². The zero-order chi connectivity index (χ0) is 22.7. The summed E-state index contributed by atoms with van der Waals surface area (Å²) < 4.78 is 18.9. The maximum Gasteiger partial charge on any atom is 0.307 e. The first-order chi connectivity index (χ1) is 15.5. The van der Waals surface area contributed by atoms with Crippen LogP contribution in [0.4, 0.5) is 4.39 Å². The number of methoxy groups -OCH3 is 1. The van der Waals surface area contributed by atoms with Gasteiger partial charge in [-0.15, -0.1) is 0 Å². The van der Waals surface area contributed by atoms with E-state index < -0.39 is 12.0 Å². The van der Waals surface area contributed by atoms with E-state index in [4.69, 9.17) is 4.74 Å². The molecule has 0 saturated carbocycles. The summed E-state index contributed by atoms with van der Waals surface area (Å²) in [7, 11) is 1.34. The quantitative estimate of drug-likeness (QED) is 0.633. The van der Waals surface area contributed by atoms with Gasteiger partial charge in [-0.25, -0.2) is 4.39 Å². The molecule has 0 bridgehead atoms. The molecule has 0 saturated heterocycles. The zero-order valence-electron chi connectivity index (χ0n) is 18.5. The summed E-state index contributed by atoms with van der Waals surface area (Å²) in [6.07, 6.45) is 3.32. The highest BCUT2D eigenvalue weighted by atomic mass is 19.1. The van der Waals surface area contributed by atoms with Crippen LogP contribution in [0.2, 0.25) is 0 Å². The van der Waals surface area contributed by atoms with E-state index in [1.54, 1.807) is 12.1 Å². The van der Waals surface area contributed by atoms with Crippen molar-refractivity contribution in [2.75, 3.05) is 7.11 Å². The molecule has 0 spiro atoms. The molecule has 2 aromatic carbocycles. The van der Waals surface area contributed by atoms with Crippen LogP contribution in [0.15, 0.2) is 65.7 Å². The number of hydrogen-bond acceptors (Lipinski definition) is 4. The molecule has 1 amide bonds. The number of carbonyl (C=O) groups excluding carboxylic acids is 2. The number of nitrogens with zero attached hydrogens (tertiary/aromatic N) is 1. The van der Waals surface area contributed by atoms with Crippen molar-refractivity contribution in [2.45, 2.75) is 57.3 Å². The van der Waals surface area contributed by atoms with Gasteiger partial charge in [-0.05, 0) is 61.4 Å². The number of amides is 1. The van der Waals surface area contributed by atoms with Gasteiger partial charge in [0.25, 0.3) is 5.91 Å². The number of ether oxygens (including phenoxy) is 1. The third-order valence-electron chi connectivity index (χ3n) is 6.52. The van der Waals surface area contributed by atoms with Crippen LogP contribution < -0.4 is 5.32 Å². The topological polar surface area (TPSA) is 58.6 Å². The van der Waals surface area contributed by atoms with Gasteiger partial charge in [0.05, 0.1) is 19.6 Å². The monoisotopic (exact) mass is 436 g/mol. The minimum atomic E-state index is -0.491. The second-order valence-electron chi connectivity index (χ2n) is 8.47. The maximum absolute atomic E-state index is 14.0. The first-order valence-electron chi connectivity index (χ1n) is 11.2. The van der Waals surface area contributed by atoms with Crippen LogP contribution in [-0.4, -0.2) is 30.1 Å². The van der Waals surface area contributed by atoms with E-state index in [1.807, 2.05) is 42.2 Å². The molecule has 1 N–H and O–H groups in total. The molecule has 3 atom stereocenters. The Morgan fingerprint density at radius 1 is 1.12 bits per heavy atom. The van der Waals surface area contributed by atoms with Crippen molar-refractivity contribution in [3.8, 4) is 0 Å². The summed E-state index contributed by atoms with van der Waals surface area (Å²) >= 11 is 0. The van der Waals surface area contributed by atoms with E-state index in [0.717, 1.165) is 42.4 Å². The number of benzene rings is 2. The van der Waals surface area contributed by atoms with Crippen LogP contribution in [0.25, 0.3) is 0 Å². The number of halogens is 1. The molecule has 0 aromatic heterocycles. The van der Waals surface area contributed by atoms with E-state index in [1.165, 1.54) is 19.2 Å².